The lowest BCUT2D eigenvalue weighted by atomic mass is 10.3. The lowest BCUT2D eigenvalue weighted by Crippen LogP contribution is -2.22. The topological polar surface area (TPSA) is 118 Å². The van der Waals surface area contributed by atoms with Gasteiger partial charge in [0, 0.05) is 23.7 Å². The van der Waals surface area contributed by atoms with Gasteiger partial charge >= 0.3 is 0 Å². The Hall–Kier alpha value is -2.07. The monoisotopic (exact) mass is 345 g/mol. The lowest BCUT2D eigenvalue weighted by molar-refractivity contribution is 0.595. The molecule has 0 saturated heterocycles. The normalized spacial score (nSPS) is 12.3. The molecule has 8 nitrogen and oxygen atoms in total. The molecule has 0 radical (unpaired) electrons. The molecule has 0 amide bonds. The van der Waals surface area contributed by atoms with Gasteiger partial charge in [0.25, 0.3) is 5.56 Å². The quantitative estimate of drug-likeness (QED) is 0.803. The van der Waals surface area contributed by atoms with Crippen molar-refractivity contribution >= 4 is 25.5 Å². The molecule has 0 aliphatic rings. The Morgan fingerprint density at radius 2 is 1.73 bits per heavy atom. The number of hydrogen-bond acceptors (Lipinski definition) is 5. The molecule has 0 aliphatic carbocycles. The number of aromatic nitrogens is 2. The second kappa shape index (κ2) is 5.61. The molecule has 1 aromatic heterocycles. The number of sulfonamides is 1. The second-order valence-corrected chi connectivity index (χ2v) is 9.15. The number of H-pyrrole nitrogens is 1. The molecule has 0 unspecified atom stereocenters. The van der Waals surface area contributed by atoms with Crippen LogP contribution in [0.5, 0.6) is 0 Å². The third kappa shape index (κ3) is 4.21. The summed E-state index contributed by atoms with van der Waals surface area (Å²) in [5.74, 6) is 0. The van der Waals surface area contributed by atoms with E-state index in [1.807, 2.05) is 0 Å². The van der Waals surface area contributed by atoms with Crippen LogP contribution in [0.25, 0.3) is 5.69 Å². The lowest BCUT2D eigenvalue weighted by Gasteiger charge is -2.08. The maximum atomic E-state index is 11.7. The minimum Gasteiger partial charge on any atom is -0.295 e. The summed E-state index contributed by atoms with van der Waals surface area (Å²) in [6.07, 6.45) is 0.843. The molecular weight excluding hydrogens is 330 g/mol. The molecule has 2 rings (SSSR count). The first-order valence-electron chi connectivity index (χ1n) is 6.13. The Bertz CT molecular complexity index is 937. The van der Waals surface area contributed by atoms with Crippen LogP contribution in [-0.4, -0.2) is 38.0 Å². The van der Waals surface area contributed by atoms with Crippen molar-refractivity contribution in [3.05, 3.63) is 46.4 Å². The zero-order chi connectivity index (χ0) is 16.5. The van der Waals surface area contributed by atoms with Crippen molar-refractivity contribution in [1.29, 1.82) is 0 Å². The minimum atomic E-state index is -3.99. The first-order chi connectivity index (χ1) is 10.1. The first kappa shape index (κ1) is 16.3. The zero-order valence-corrected chi connectivity index (χ0v) is 13.5. The molecule has 1 aromatic carbocycles. The Kier molecular flexibility index (Phi) is 4.16. The zero-order valence-electron chi connectivity index (χ0n) is 11.9. The van der Waals surface area contributed by atoms with Crippen LogP contribution in [0.1, 0.15) is 5.69 Å². The fourth-order valence-corrected chi connectivity index (χ4v) is 4.86. The smallest absolute Gasteiger partial charge is 0.271 e. The maximum Gasteiger partial charge on any atom is 0.271 e. The molecule has 10 heteroatoms. The fourth-order valence-electron chi connectivity index (χ4n) is 1.87. The van der Waals surface area contributed by atoms with Crippen molar-refractivity contribution in [2.75, 3.05) is 16.1 Å². The van der Waals surface area contributed by atoms with E-state index in [-0.39, 0.29) is 11.2 Å². The van der Waals surface area contributed by atoms with E-state index in [9.17, 15) is 21.6 Å². The molecule has 0 atom stereocenters. The molecule has 0 bridgehead atoms. The van der Waals surface area contributed by atoms with Crippen molar-refractivity contribution in [2.45, 2.75) is 6.92 Å². The highest BCUT2D eigenvalue weighted by atomic mass is 32.3. The van der Waals surface area contributed by atoms with Gasteiger partial charge in [-0.2, -0.15) is 0 Å². The van der Waals surface area contributed by atoms with Crippen molar-refractivity contribution in [1.82, 2.24) is 9.78 Å². The number of nitrogens with zero attached hydrogens (tertiary/aromatic N) is 1. The molecule has 2 aromatic rings. The third-order valence-corrected chi connectivity index (χ3v) is 6.12. The van der Waals surface area contributed by atoms with E-state index >= 15 is 0 Å². The average Bonchev–Trinajstić information content (AvgIpc) is 2.65. The van der Waals surface area contributed by atoms with Crippen LogP contribution in [0.3, 0.4) is 0 Å². The van der Waals surface area contributed by atoms with Crippen LogP contribution >= 0.6 is 0 Å². The van der Waals surface area contributed by atoms with E-state index in [4.69, 9.17) is 0 Å². The van der Waals surface area contributed by atoms with Gasteiger partial charge in [-0.1, -0.05) is 0 Å². The molecule has 0 saturated carbocycles. The van der Waals surface area contributed by atoms with Gasteiger partial charge in [0.05, 0.1) is 5.69 Å². The number of sulfone groups is 1. The predicted molar refractivity (Wildman–Crippen MR) is 83.4 cm³/mol. The Morgan fingerprint density at radius 3 is 2.18 bits per heavy atom. The van der Waals surface area contributed by atoms with Gasteiger partial charge in [0.15, 0.2) is 14.9 Å². The highest BCUT2D eigenvalue weighted by Gasteiger charge is 2.18. The van der Waals surface area contributed by atoms with Gasteiger partial charge in [-0.05, 0) is 31.2 Å². The molecule has 0 fully saturated rings. The van der Waals surface area contributed by atoms with Gasteiger partial charge in [-0.25, -0.2) is 21.5 Å². The van der Waals surface area contributed by atoms with Crippen LogP contribution in [-0.2, 0) is 19.9 Å². The van der Waals surface area contributed by atoms with Crippen molar-refractivity contribution in [3.63, 3.8) is 0 Å². The summed E-state index contributed by atoms with van der Waals surface area (Å²) in [7, 11) is -7.65. The highest BCUT2D eigenvalue weighted by molar-refractivity contribution is 8.08. The van der Waals surface area contributed by atoms with Crippen LogP contribution in [0.4, 0.5) is 5.69 Å². The molecule has 120 valence electrons. The number of anilines is 1. The van der Waals surface area contributed by atoms with Crippen LogP contribution in [0.2, 0.25) is 0 Å². The molecule has 1 heterocycles. The fraction of sp³-hybridized carbons (Fsp3) is 0.250. The van der Waals surface area contributed by atoms with E-state index in [1.165, 1.54) is 35.0 Å². The van der Waals surface area contributed by atoms with Gasteiger partial charge in [-0.3, -0.25) is 14.6 Å². The van der Waals surface area contributed by atoms with Gasteiger partial charge < -0.3 is 0 Å². The SMILES string of the molecule is Cc1cc(=O)n(-c2ccc(NS(=O)(=O)CS(C)(=O)=O)cc2)[nH]1. The number of nitrogens with one attached hydrogen (secondary N) is 2. The molecule has 0 aliphatic heterocycles. The summed E-state index contributed by atoms with van der Waals surface area (Å²) < 4.78 is 48.9. The summed E-state index contributed by atoms with van der Waals surface area (Å²) in [4.78, 5) is 11.7. The standard InChI is InChI=1S/C12H15N3O5S2/c1-9-7-12(16)15(13-9)11-5-3-10(4-6-11)14-22(19,20)8-21(2,17)18/h3-7,13-14H,8H2,1-2H3. The number of benzene rings is 1. The Balaban J connectivity index is 2.23. The maximum absolute atomic E-state index is 11.7. The van der Waals surface area contributed by atoms with Crippen molar-refractivity contribution in [3.8, 4) is 5.69 Å². The first-order valence-corrected chi connectivity index (χ1v) is 9.84. The highest BCUT2D eigenvalue weighted by Crippen LogP contribution is 2.14. The van der Waals surface area contributed by atoms with E-state index in [0.29, 0.717) is 11.4 Å². The number of aryl methyl sites for hydroxylation is 1. The number of rotatable bonds is 5. The summed E-state index contributed by atoms with van der Waals surface area (Å²) in [5, 5.41) is 1.86. The minimum absolute atomic E-state index is 0.212. The Labute approximate surface area is 127 Å². The largest absolute Gasteiger partial charge is 0.295 e. The predicted octanol–water partition coefficient (Wildman–Crippen LogP) is 0.218. The average molecular weight is 345 g/mol. The molecular formula is C12H15N3O5S2. The molecule has 22 heavy (non-hydrogen) atoms. The van der Waals surface area contributed by atoms with E-state index in [0.717, 1.165) is 6.26 Å². The number of hydrogen-bond donors (Lipinski definition) is 2. The van der Waals surface area contributed by atoms with E-state index in [1.54, 1.807) is 6.92 Å². The summed E-state index contributed by atoms with van der Waals surface area (Å²) >= 11 is 0. The summed E-state index contributed by atoms with van der Waals surface area (Å²) in [6.45, 7) is 1.74. The van der Waals surface area contributed by atoms with Crippen molar-refractivity contribution < 1.29 is 16.8 Å². The van der Waals surface area contributed by atoms with Crippen LogP contribution in [0.15, 0.2) is 35.1 Å². The number of aromatic amines is 1. The second-order valence-electron chi connectivity index (χ2n) is 4.92. The van der Waals surface area contributed by atoms with E-state index < -0.39 is 24.9 Å². The summed E-state index contributed by atoms with van der Waals surface area (Å²) in [5.41, 5.74) is 1.21. The molecule has 2 N–H and O–H groups in total. The van der Waals surface area contributed by atoms with Gasteiger partial charge in [-0.15, -0.1) is 0 Å². The summed E-state index contributed by atoms with van der Waals surface area (Å²) in [6, 6.07) is 7.39. The van der Waals surface area contributed by atoms with Gasteiger partial charge in [0.1, 0.15) is 0 Å². The van der Waals surface area contributed by atoms with Gasteiger partial charge in [0.2, 0.25) is 10.0 Å². The van der Waals surface area contributed by atoms with Crippen LogP contribution in [0, 0.1) is 6.92 Å². The molecule has 0 spiro atoms. The van der Waals surface area contributed by atoms with Crippen molar-refractivity contribution in [2.24, 2.45) is 0 Å². The van der Waals surface area contributed by atoms with E-state index in [2.05, 4.69) is 9.82 Å². The third-order valence-electron chi connectivity index (χ3n) is 2.62. The van der Waals surface area contributed by atoms with Crippen LogP contribution < -0.4 is 10.3 Å². The Morgan fingerprint density at radius 1 is 1.14 bits per heavy atom.